The maximum atomic E-state index is 6.38. The molecule has 18 heavy (non-hydrogen) atoms. The number of hydrogen-bond acceptors (Lipinski definition) is 2. The molecule has 2 atom stereocenters. The third-order valence-corrected chi connectivity index (χ3v) is 4.73. The van der Waals surface area contributed by atoms with E-state index in [4.69, 9.17) is 11.6 Å². The molecular formula is C15H21ClN2. The Labute approximate surface area is 114 Å². The monoisotopic (exact) mass is 264 g/mol. The molecular weight excluding hydrogens is 244 g/mol. The Morgan fingerprint density at radius 1 is 1.33 bits per heavy atom. The van der Waals surface area contributed by atoms with E-state index >= 15 is 0 Å². The average molecular weight is 265 g/mol. The Balaban J connectivity index is 1.98. The highest BCUT2D eigenvalue weighted by Crippen LogP contribution is 2.41. The Bertz CT molecular complexity index is 444. The first-order valence-electron chi connectivity index (χ1n) is 6.84. The predicted molar refractivity (Wildman–Crippen MR) is 77.4 cm³/mol. The fourth-order valence-corrected chi connectivity index (χ4v) is 3.87. The second kappa shape index (κ2) is 4.43. The van der Waals surface area contributed by atoms with Crippen LogP contribution in [-0.4, -0.2) is 25.2 Å². The van der Waals surface area contributed by atoms with E-state index in [0.717, 1.165) is 18.1 Å². The van der Waals surface area contributed by atoms with Crippen molar-refractivity contribution in [3.63, 3.8) is 0 Å². The van der Waals surface area contributed by atoms with Crippen LogP contribution in [0.2, 0.25) is 5.02 Å². The Morgan fingerprint density at radius 3 is 2.89 bits per heavy atom. The van der Waals surface area contributed by atoms with Gasteiger partial charge in [0.1, 0.15) is 0 Å². The molecule has 0 amide bonds. The van der Waals surface area contributed by atoms with Crippen LogP contribution in [-0.2, 0) is 0 Å². The Kier molecular flexibility index (Phi) is 3.03. The quantitative estimate of drug-likeness (QED) is 0.837. The van der Waals surface area contributed by atoms with Crippen LogP contribution >= 0.6 is 11.6 Å². The molecule has 0 aliphatic carbocycles. The molecule has 0 aromatic heterocycles. The molecule has 2 unspecified atom stereocenters. The van der Waals surface area contributed by atoms with Crippen LogP contribution in [0.4, 0.5) is 5.69 Å². The number of fused-ring (bicyclic) bond motifs is 1. The van der Waals surface area contributed by atoms with Gasteiger partial charge >= 0.3 is 0 Å². The van der Waals surface area contributed by atoms with Crippen molar-refractivity contribution in [2.24, 2.45) is 5.41 Å². The van der Waals surface area contributed by atoms with Gasteiger partial charge in [0.15, 0.2) is 0 Å². The summed E-state index contributed by atoms with van der Waals surface area (Å²) in [4.78, 5) is 2.52. The van der Waals surface area contributed by atoms with Crippen molar-refractivity contribution in [1.29, 1.82) is 0 Å². The largest absolute Gasteiger partial charge is 0.365 e. The van der Waals surface area contributed by atoms with Gasteiger partial charge in [-0.25, -0.2) is 0 Å². The predicted octanol–water partition coefficient (Wildman–Crippen LogP) is 3.31. The summed E-state index contributed by atoms with van der Waals surface area (Å²) in [6, 6.07) is 9.41. The topological polar surface area (TPSA) is 15.3 Å². The van der Waals surface area contributed by atoms with E-state index in [2.05, 4.69) is 36.2 Å². The second-order valence-corrected chi connectivity index (χ2v) is 6.62. The van der Waals surface area contributed by atoms with E-state index in [1.807, 2.05) is 12.1 Å². The van der Waals surface area contributed by atoms with Crippen LogP contribution in [0, 0.1) is 5.41 Å². The molecule has 3 heteroatoms. The van der Waals surface area contributed by atoms with Crippen molar-refractivity contribution < 1.29 is 0 Å². The minimum Gasteiger partial charge on any atom is -0.365 e. The summed E-state index contributed by atoms with van der Waals surface area (Å²) in [6.07, 6.45) is 2.53. The minimum atomic E-state index is 0.310. The first-order chi connectivity index (χ1) is 8.59. The molecule has 2 saturated heterocycles. The fourth-order valence-electron chi connectivity index (χ4n) is 3.63. The zero-order valence-corrected chi connectivity index (χ0v) is 11.9. The van der Waals surface area contributed by atoms with E-state index in [0.29, 0.717) is 17.5 Å². The van der Waals surface area contributed by atoms with Gasteiger partial charge in [0, 0.05) is 19.1 Å². The Morgan fingerprint density at radius 2 is 2.11 bits per heavy atom. The second-order valence-electron chi connectivity index (χ2n) is 6.21. The average Bonchev–Trinajstić information content (AvgIpc) is 2.67. The van der Waals surface area contributed by atoms with Gasteiger partial charge in [0.2, 0.25) is 0 Å². The highest BCUT2D eigenvalue weighted by Gasteiger charge is 2.47. The number of halogens is 1. The van der Waals surface area contributed by atoms with Gasteiger partial charge in [-0.05, 0) is 30.4 Å². The minimum absolute atomic E-state index is 0.310. The zero-order chi connectivity index (χ0) is 12.8. The first-order valence-corrected chi connectivity index (χ1v) is 7.22. The smallest absolute Gasteiger partial charge is 0.0639 e. The normalized spacial score (nSPS) is 30.3. The molecule has 2 heterocycles. The third kappa shape index (κ3) is 1.92. The number of anilines is 1. The Hall–Kier alpha value is -0.730. The van der Waals surface area contributed by atoms with Crippen molar-refractivity contribution >= 4 is 17.3 Å². The summed E-state index contributed by atoms with van der Waals surface area (Å²) in [5.74, 6) is 0. The number of rotatable bonds is 1. The SMILES string of the molecule is CC1(C)CNC2CCCN(c3ccccc3Cl)C21. The van der Waals surface area contributed by atoms with Gasteiger partial charge < -0.3 is 10.2 Å². The molecule has 2 fully saturated rings. The van der Waals surface area contributed by atoms with E-state index in [-0.39, 0.29) is 0 Å². The van der Waals surface area contributed by atoms with Crippen molar-refractivity contribution in [2.75, 3.05) is 18.0 Å². The number of nitrogens with one attached hydrogen (secondary N) is 1. The number of para-hydroxylation sites is 1. The lowest BCUT2D eigenvalue weighted by Gasteiger charge is -2.44. The molecule has 98 valence electrons. The van der Waals surface area contributed by atoms with Gasteiger partial charge in [0.05, 0.1) is 16.8 Å². The first kappa shape index (κ1) is 12.3. The van der Waals surface area contributed by atoms with Crippen LogP contribution in [0.5, 0.6) is 0 Å². The summed E-state index contributed by atoms with van der Waals surface area (Å²) < 4.78 is 0. The molecule has 0 saturated carbocycles. The van der Waals surface area contributed by atoms with Crippen LogP contribution < -0.4 is 10.2 Å². The molecule has 0 bridgehead atoms. The standard InChI is InChI=1S/C15H21ClN2/c1-15(2)10-17-12-7-5-9-18(14(12)15)13-8-4-3-6-11(13)16/h3-4,6,8,12,14,17H,5,7,9-10H2,1-2H3. The van der Waals surface area contributed by atoms with Crippen LogP contribution in [0.25, 0.3) is 0 Å². The summed E-state index contributed by atoms with van der Waals surface area (Å²) in [5, 5.41) is 4.56. The maximum absolute atomic E-state index is 6.38. The highest BCUT2D eigenvalue weighted by molar-refractivity contribution is 6.33. The van der Waals surface area contributed by atoms with Crippen LogP contribution in [0.15, 0.2) is 24.3 Å². The number of hydrogen-bond donors (Lipinski definition) is 1. The summed E-state index contributed by atoms with van der Waals surface area (Å²) in [6.45, 7) is 6.94. The van der Waals surface area contributed by atoms with Gasteiger partial charge in [0.25, 0.3) is 0 Å². The van der Waals surface area contributed by atoms with Crippen molar-refractivity contribution in [3.05, 3.63) is 29.3 Å². The lowest BCUT2D eigenvalue weighted by atomic mass is 9.80. The van der Waals surface area contributed by atoms with Crippen molar-refractivity contribution in [3.8, 4) is 0 Å². The van der Waals surface area contributed by atoms with Gasteiger partial charge in [-0.15, -0.1) is 0 Å². The molecule has 3 rings (SSSR count). The third-order valence-electron chi connectivity index (χ3n) is 4.41. The van der Waals surface area contributed by atoms with Crippen LogP contribution in [0.3, 0.4) is 0 Å². The van der Waals surface area contributed by atoms with Gasteiger partial charge in [-0.2, -0.15) is 0 Å². The fraction of sp³-hybridized carbons (Fsp3) is 0.600. The molecule has 0 spiro atoms. The van der Waals surface area contributed by atoms with E-state index in [1.165, 1.54) is 18.5 Å². The molecule has 2 aliphatic rings. The molecule has 1 N–H and O–H groups in total. The van der Waals surface area contributed by atoms with Crippen LogP contribution in [0.1, 0.15) is 26.7 Å². The van der Waals surface area contributed by atoms with Crippen molar-refractivity contribution in [1.82, 2.24) is 5.32 Å². The van der Waals surface area contributed by atoms with Gasteiger partial charge in [-0.1, -0.05) is 37.6 Å². The zero-order valence-electron chi connectivity index (χ0n) is 11.1. The molecule has 2 aliphatic heterocycles. The number of piperidine rings is 1. The van der Waals surface area contributed by atoms with E-state index in [9.17, 15) is 0 Å². The summed E-state index contributed by atoms with van der Waals surface area (Å²) >= 11 is 6.38. The number of nitrogens with zero attached hydrogens (tertiary/aromatic N) is 1. The highest BCUT2D eigenvalue weighted by atomic mass is 35.5. The molecule has 2 nitrogen and oxygen atoms in total. The lowest BCUT2D eigenvalue weighted by Crippen LogP contribution is -2.53. The molecule has 0 radical (unpaired) electrons. The lowest BCUT2D eigenvalue weighted by molar-refractivity contribution is 0.291. The molecule has 1 aromatic carbocycles. The maximum Gasteiger partial charge on any atom is 0.0639 e. The number of benzene rings is 1. The van der Waals surface area contributed by atoms with E-state index in [1.54, 1.807) is 0 Å². The molecule has 1 aromatic rings. The summed E-state index contributed by atoms with van der Waals surface area (Å²) in [7, 11) is 0. The summed E-state index contributed by atoms with van der Waals surface area (Å²) in [5.41, 5.74) is 1.51. The van der Waals surface area contributed by atoms with Crippen molar-refractivity contribution in [2.45, 2.75) is 38.8 Å². The van der Waals surface area contributed by atoms with E-state index < -0.39 is 0 Å². The van der Waals surface area contributed by atoms with Gasteiger partial charge in [-0.3, -0.25) is 0 Å².